The summed E-state index contributed by atoms with van der Waals surface area (Å²) in [7, 11) is 0. The summed E-state index contributed by atoms with van der Waals surface area (Å²) in [5.74, 6) is 0.119. The summed E-state index contributed by atoms with van der Waals surface area (Å²) in [5, 5.41) is 3.34. The van der Waals surface area contributed by atoms with Gasteiger partial charge in [-0.3, -0.25) is 4.79 Å². The van der Waals surface area contributed by atoms with E-state index in [1.165, 1.54) is 0 Å². The molecule has 3 nitrogen and oxygen atoms in total. The third-order valence-corrected chi connectivity index (χ3v) is 3.70. The van der Waals surface area contributed by atoms with Crippen LogP contribution in [0.15, 0.2) is 22.7 Å². The van der Waals surface area contributed by atoms with Crippen molar-refractivity contribution in [3.05, 3.63) is 33.8 Å². The van der Waals surface area contributed by atoms with E-state index < -0.39 is 0 Å². The summed E-state index contributed by atoms with van der Waals surface area (Å²) < 4.78 is 0.874. The van der Waals surface area contributed by atoms with Crippen molar-refractivity contribution < 1.29 is 4.79 Å². The number of carbonyl (C=O) groups is 1. The number of hydrogen-bond donors (Lipinski definition) is 1. The molecule has 0 spiro atoms. The quantitative estimate of drug-likeness (QED) is 0.862. The maximum Gasteiger partial charge on any atom is 0.255 e. The Kier molecular flexibility index (Phi) is 3.84. The van der Waals surface area contributed by atoms with Crippen LogP contribution < -0.4 is 5.32 Å². The SMILES string of the molecule is Cc1ccc(Br)c(C(=O)N2CCNC(C)C2)c1. The lowest BCUT2D eigenvalue weighted by Crippen LogP contribution is -2.51. The molecule has 1 aromatic carbocycles. The van der Waals surface area contributed by atoms with Gasteiger partial charge in [-0.05, 0) is 41.9 Å². The third kappa shape index (κ3) is 2.87. The standard InChI is InChI=1S/C13H17BrN2O/c1-9-3-4-12(14)11(7-9)13(17)16-6-5-15-10(2)8-16/h3-4,7,10,15H,5-6,8H2,1-2H3. The number of hydrogen-bond acceptors (Lipinski definition) is 2. The van der Waals surface area contributed by atoms with E-state index in [0.29, 0.717) is 6.04 Å². The molecule has 0 bridgehead atoms. The number of benzene rings is 1. The second-order valence-electron chi connectivity index (χ2n) is 4.59. The zero-order valence-corrected chi connectivity index (χ0v) is 11.8. The molecule has 1 fully saturated rings. The van der Waals surface area contributed by atoms with Gasteiger partial charge in [-0.1, -0.05) is 11.6 Å². The van der Waals surface area contributed by atoms with E-state index in [1.807, 2.05) is 30.0 Å². The monoisotopic (exact) mass is 296 g/mol. The number of nitrogens with zero attached hydrogens (tertiary/aromatic N) is 1. The average Bonchev–Trinajstić information content (AvgIpc) is 2.31. The van der Waals surface area contributed by atoms with Crippen LogP contribution in [0.5, 0.6) is 0 Å². The number of piperazine rings is 1. The van der Waals surface area contributed by atoms with Crippen molar-refractivity contribution in [3.63, 3.8) is 0 Å². The maximum absolute atomic E-state index is 12.4. The van der Waals surface area contributed by atoms with Gasteiger partial charge in [-0.15, -0.1) is 0 Å². The summed E-state index contributed by atoms with van der Waals surface area (Å²) in [6.45, 7) is 6.54. The van der Waals surface area contributed by atoms with E-state index in [4.69, 9.17) is 0 Å². The first-order chi connectivity index (χ1) is 8.08. The van der Waals surface area contributed by atoms with Gasteiger partial charge in [0.15, 0.2) is 0 Å². The zero-order chi connectivity index (χ0) is 12.4. The van der Waals surface area contributed by atoms with Crippen molar-refractivity contribution >= 4 is 21.8 Å². The van der Waals surface area contributed by atoms with Crippen LogP contribution in [0, 0.1) is 6.92 Å². The molecular formula is C13H17BrN2O. The average molecular weight is 297 g/mol. The lowest BCUT2D eigenvalue weighted by atomic mass is 10.1. The molecule has 0 aliphatic carbocycles. The van der Waals surface area contributed by atoms with Crippen LogP contribution >= 0.6 is 15.9 Å². The predicted molar refractivity (Wildman–Crippen MR) is 72.2 cm³/mol. The van der Waals surface area contributed by atoms with Crippen molar-refractivity contribution in [1.29, 1.82) is 0 Å². The van der Waals surface area contributed by atoms with E-state index in [0.717, 1.165) is 35.2 Å². The normalized spacial score (nSPS) is 20.4. The fourth-order valence-electron chi connectivity index (χ4n) is 2.09. The second-order valence-corrected chi connectivity index (χ2v) is 5.44. The topological polar surface area (TPSA) is 32.3 Å². The number of amides is 1. The van der Waals surface area contributed by atoms with Gasteiger partial charge in [0.2, 0.25) is 0 Å². The lowest BCUT2D eigenvalue weighted by molar-refractivity contribution is 0.0708. The molecule has 92 valence electrons. The molecule has 0 saturated carbocycles. The van der Waals surface area contributed by atoms with E-state index in [2.05, 4.69) is 28.2 Å². The first-order valence-electron chi connectivity index (χ1n) is 5.87. The summed E-state index contributed by atoms with van der Waals surface area (Å²) >= 11 is 3.45. The van der Waals surface area contributed by atoms with Crippen LogP contribution in [0.25, 0.3) is 0 Å². The largest absolute Gasteiger partial charge is 0.336 e. The van der Waals surface area contributed by atoms with E-state index in [9.17, 15) is 4.79 Å². The maximum atomic E-state index is 12.4. The molecule has 0 aromatic heterocycles. The highest BCUT2D eigenvalue weighted by molar-refractivity contribution is 9.10. The third-order valence-electron chi connectivity index (χ3n) is 3.01. The van der Waals surface area contributed by atoms with Crippen LogP contribution in [0.3, 0.4) is 0 Å². The zero-order valence-electron chi connectivity index (χ0n) is 10.2. The van der Waals surface area contributed by atoms with Crippen molar-refractivity contribution in [1.82, 2.24) is 10.2 Å². The number of nitrogens with one attached hydrogen (secondary N) is 1. The number of halogens is 1. The number of aryl methyl sites for hydroxylation is 1. The van der Waals surface area contributed by atoms with Crippen LogP contribution in [0.2, 0.25) is 0 Å². The van der Waals surface area contributed by atoms with Crippen molar-refractivity contribution in [2.45, 2.75) is 19.9 Å². The highest BCUT2D eigenvalue weighted by Crippen LogP contribution is 2.20. The number of rotatable bonds is 1. The van der Waals surface area contributed by atoms with Gasteiger partial charge in [-0.2, -0.15) is 0 Å². The van der Waals surface area contributed by atoms with Gasteiger partial charge < -0.3 is 10.2 Å². The number of carbonyl (C=O) groups excluding carboxylic acids is 1. The Morgan fingerprint density at radius 2 is 2.29 bits per heavy atom. The molecule has 1 aliphatic rings. The predicted octanol–water partition coefficient (Wildman–Crippen LogP) is 2.19. The highest BCUT2D eigenvalue weighted by Gasteiger charge is 2.22. The van der Waals surface area contributed by atoms with E-state index in [1.54, 1.807) is 0 Å². The molecule has 1 saturated heterocycles. The van der Waals surface area contributed by atoms with Crippen molar-refractivity contribution in [2.75, 3.05) is 19.6 Å². The van der Waals surface area contributed by atoms with Gasteiger partial charge in [0.1, 0.15) is 0 Å². The van der Waals surface area contributed by atoms with Crippen LogP contribution in [0.4, 0.5) is 0 Å². The Bertz CT molecular complexity index is 433. The summed E-state index contributed by atoms with van der Waals surface area (Å²) in [6, 6.07) is 6.26. The molecule has 1 aliphatic heterocycles. The molecule has 1 aromatic rings. The Morgan fingerprint density at radius 1 is 1.53 bits per heavy atom. The highest BCUT2D eigenvalue weighted by atomic mass is 79.9. The van der Waals surface area contributed by atoms with Gasteiger partial charge in [0.25, 0.3) is 5.91 Å². The molecule has 1 atom stereocenters. The van der Waals surface area contributed by atoms with Gasteiger partial charge in [-0.25, -0.2) is 0 Å². The molecule has 1 heterocycles. The summed E-state index contributed by atoms with van der Waals surface area (Å²) in [5.41, 5.74) is 1.87. The molecule has 1 N–H and O–H groups in total. The minimum absolute atomic E-state index is 0.119. The van der Waals surface area contributed by atoms with Crippen LogP contribution in [0.1, 0.15) is 22.8 Å². The van der Waals surface area contributed by atoms with Gasteiger partial charge >= 0.3 is 0 Å². The Labute approximate surface area is 110 Å². The molecular weight excluding hydrogens is 280 g/mol. The minimum Gasteiger partial charge on any atom is -0.336 e. The van der Waals surface area contributed by atoms with Crippen LogP contribution in [-0.2, 0) is 0 Å². The second kappa shape index (κ2) is 5.19. The molecule has 1 amide bonds. The minimum atomic E-state index is 0.119. The fraction of sp³-hybridized carbons (Fsp3) is 0.462. The lowest BCUT2D eigenvalue weighted by Gasteiger charge is -2.32. The van der Waals surface area contributed by atoms with Crippen molar-refractivity contribution in [2.24, 2.45) is 0 Å². The van der Waals surface area contributed by atoms with Crippen LogP contribution in [-0.4, -0.2) is 36.5 Å². The molecule has 1 unspecified atom stereocenters. The molecule has 2 rings (SSSR count). The van der Waals surface area contributed by atoms with Crippen molar-refractivity contribution in [3.8, 4) is 0 Å². The smallest absolute Gasteiger partial charge is 0.255 e. The fourth-order valence-corrected chi connectivity index (χ4v) is 2.51. The van der Waals surface area contributed by atoms with Gasteiger partial charge in [0, 0.05) is 30.1 Å². The summed E-state index contributed by atoms with van der Waals surface area (Å²) in [6.07, 6.45) is 0. The van der Waals surface area contributed by atoms with E-state index in [-0.39, 0.29) is 5.91 Å². The molecule has 17 heavy (non-hydrogen) atoms. The Hall–Kier alpha value is -0.870. The molecule has 4 heteroatoms. The Balaban J connectivity index is 2.21. The summed E-state index contributed by atoms with van der Waals surface area (Å²) in [4.78, 5) is 14.3. The Morgan fingerprint density at radius 3 is 3.00 bits per heavy atom. The van der Waals surface area contributed by atoms with E-state index >= 15 is 0 Å². The first kappa shape index (κ1) is 12.6. The first-order valence-corrected chi connectivity index (χ1v) is 6.66. The van der Waals surface area contributed by atoms with Gasteiger partial charge in [0.05, 0.1) is 5.56 Å². The molecule has 0 radical (unpaired) electrons.